The van der Waals surface area contributed by atoms with Gasteiger partial charge in [0.25, 0.3) is 5.91 Å². The Kier molecular flexibility index (Phi) is 5.17. The summed E-state index contributed by atoms with van der Waals surface area (Å²) in [4.78, 5) is 12.9. The number of nitrogens with zero attached hydrogens (tertiary/aromatic N) is 2. The van der Waals surface area contributed by atoms with E-state index in [0.717, 1.165) is 0 Å². The molecule has 1 aliphatic rings. The Morgan fingerprint density at radius 1 is 1.00 bits per heavy atom. The third-order valence-corrected chi connectivity index (χ3v) is 6.50. The van der Waals surface area contributed by atoms with Gasteiger partial charge in [-0.2, -0.15) is 0 Å². The maximum atomic E-state index is 13.1. The van der Waals surface area contributed by atoms with Crippen LogP contribution in [0, 0.1) is 0 Å². The molecule has 0 radical (unpaired) electrons. The van der Waals surface area contributed by atoms with E-state index in [1.807, 2.05) is 17.1 Å². The average molecular weight is 399 g/mol. The predicted molar refractivity (Wildman–Crippen MR) is 104 cm³/mol. The Bertz CT molecular complexity index is 1090. The molecule has 1 fully saturated rings. The van der Waals surface area contributed by atoms with Crippen LogP contribution in [0.3, 0.4) is 0 Å². The van der Waals surface area contributed by atoms with E-state index in [1.54, 1.807) is 53.2 Å². The van der Waals surface area contributed by atoms with Gasteiger partial charge in [-0.1, -0.05) is 36.4 Å². The van der Waals surface area contributed by atoms with Crippen LogP contribution in [-0.4, -0.2) is 50.2 Å². The topological polar surface area (TPSA) is 80.6 Å². The van der Waals surface area contributed by atoms with Gasteiger partial charge in [-0.15, -0.1) is 0 Å². The lowest BCUT2D eigenvalue weighted by Gasteiger charge is -2.27. The average Bonchev–Trinajstić information content (AvgIpc) is 3.09. The molecule has 2 heterocycles. The molecule has 7 nitrogen and oxygen atoms in total. The molecule has 0 aliphatic carbocycles. The summed E-state index contributed by atoms with van der Waals surface area (Å²) in [5.41, 5.74) is 3.56. The van der Waals surface area contributed by atoms with Gasteiger partial charge in [0.1, 0.15) is 6.54 Å². The molecule has 0 atom stereocenters. The molecule has 1 amide bonds. The quantitative estimate of drug-likeness (QED) is 0.708. The molecule has 0 saturated carbocycles. The normalized spacial score (nSPS) is 15.6. The number of rotatable bonds is 5. The molecule has 146 valence electrons. The van der Waals surface area contributed by atoms with Crippen LogP contribution in [-0.2, 0) is 25.9 Å². The van der Waals surface area contributed by atoms with Crippen LogP contribution in [0.4, 0.5) is 0 Å². The Morgan fingerprint density at radius 2 is 1.68 bits per heavy atom. The minimum atomic E-state index is -3.69. The van der Waals surface area contributed by atoms with Crippen molar-refractivity contribution in [1.29, 1.82) is 0 Å². The zero-order valence-electron chi connectivity index (χ0n) is 15.2. The van der Waals surface area contributed by atoms with Crippen molar-refractivity contribution in [2.24, 2.45) is 0 Å². The van der Waals surface area contributed by atoms with Gasteiger partial charge in [0.15, 0.2) is 0 Å². The summed E-state index contributed by atoms with van der Waals surface area (Å²) < 4.78 is 33.2. The van der Waals surface area contributed by atoms with E-state index >= 15 is 0 Å². The molecule has 28 heavy (non-hydrogen) atoms. The van der Waals surface area contributed by atoms with Gasteiger partial charge in [-0.05, 0) is 18.2 Å². The van der Waals surface area contributed by atoms with Gasteiger partial charge < -0.3 is 9.30 Å². The highest BCUT2D eigenvalue weighted by atomic mass is 32.2. The molecule has 0 bridgehead atoms. The number of aromatic nitrogens is 1. The summed E-state index contributed by atoms with van der Waals surface area (Å²) >= 11 is 0. The molecule has 8 heteroatoms. The summed E-state index contributed by atoms with van der Waals surface area (Å²) in [5, 5.41) is 2.42. The molecular weight excluding hydrogens is 378 g/mol. The lowest BCUT2D eigenvalue weighted by atomic mass is 10.2. The monoisotopic (exact) mass is 399 g/mol. The number of carbonyl (C=O) groups excluding carboxylic acids is 1. The van der Waals surface area contributed by atoms with E-state index in [2.05, 4.69) is 5.43 Å². The molecule has 2 aromatic carbocycles. The van der Waals surface area contributed by atoms with E-state index in [0.29, 0.717) is 37.2 Å². The van der Waals surface area contributed by atoms with Gasteiger partial charge >= 0.3 is 0 Å². The van der Waals surface area contributed by atoms with Gasteiger partial charge in [0, 0.05) is 30.2 Å². The van der Waals surface area contributed by atoms with Crippen LogP contribution in [0.2, 0.25) is 0 Å². The van der Waals surface area contributed by atoms with Gasteiger partial charge in [-0.25, -0.2) is 13.4 Å². The minimum Gasteiger partial charge on any atom is -0.379 e. The van der Waals surface area contributed by atoms with E-state index < -0.39 is 9.84 Å². The van der Waals surface area contributed by atoms with E-state index in [4.69, 9.17) is 4.74 Å². The van der Waals surface area contributed by atoms with Crippen molar-refractivity contribution in [3.05, 3.63) is 60.8 Å². The van der Waals surface area contributed by atoms with Crippen LogP contribution >= 0.6 is 0 Å². The Morgan fingerprint density at radius 3 is 2.43 bits per heavy atom. The number of sulfone groups is 1. The van der Waals surface area contributed by atoms with Crippen molar-refractivity contribution in [1.82, 2.24) is 15.0 Å². The molecular formula is C20H21N3O4S. The zero-order valence-corrected chi connectivity index (χ0v) is 16.1. The number of hydrogen-bond donors (Lipinski definition) is 1. The smallest absolute Gasteiger partial charge is 0.254 e. The first kappa shape index (κ1) is 18.7. The third kappa shape index (κ3) is 3.66. The van der Waals surface area contributed by atoms with Gasteiger partial charge in [0.2, 0.25) is 9.84 Å². The second kappa shape index (κ2) is 7.75. The number of hydrazine groups is 1. The SMILES string of the molecule is O=C(Cn1cc(S(=O)(=O)c2ccccc2)c2ccccc21)NN1CCOCC1. The number of amides is 1. The van der Waals surface area contributed by atoms with Crippen LogP contribution in [0.25, 0.3) is 10.9 Å². The van der Waals surface area contributed by atoms with Crippen LogP contribution in [0.5, 0.6) is 0 Å². The Hall–Kier alpha value is -2.68. The highest BCUT2D eigenvalue weighted by molar-refractivity contribution is 7.91. The van der Waals surface area contributed by atoms with Crippen molar-refractivity contribution in [2.75, 3.05) is 26.3 Å². The van der Waals surface area contributed by atoms with Crippen molar-refractivity contribution >= 4 is 26.6 Å². The highest BCUT2D eigenvalue weighted by Crippen LogP contribution is 2.30. The number of benzene rings is 2. The molecule has 1 saturated heterocycles. The molecule has 0 spiro atoms. The van der Waals surface area contributed by atoms with Gasteiger partial charge in [0.05, 0.1) is 23.0 Å². The lowest BCUT2D eigenvalue weighted by Crippen LogP contribution is -2.49. The predicted octanol–water partition coefficient (Wildman–Crippen LogP) is 1.84. The first-order valence-electron chi connectivity index (χ1n) is 9.06. The molecule has 0 unspecified atom stereocenters. The summed E-state index contributed by atoms with van der Waals surface area (Å²) in [7, 11) is -3.69. The zero-order chi connectivity index (χ0) is 19.6. The molecule has 1 aromatic heterocycles. The number of carbonyl (C=O) groups is 1. The summed E-state index contributed by atoms with van der Waals surface area (Å²) in [6, 6.07) is 15.5. The van der Waals surface area contributed by atoms with E-state index in [9.17, 15) is 13.2 Å². The Labute approximate surface area is 163 Å². The van der Waals surface area contributed by atoms with Crippen LogP contribution < -0.4 is 5.43 Å². The molecule has 3 aromatic rings. The minimum absolute atomic E-state index is 0.0299. The first-order chi connectivity index (χ1) is 13.6. The number of hydrogen-bond acceptors (Lipinski definition) is 5. The van der Waals surface area contributed by atoms with Crippen molar-refractivity contribution in [3.63, 3.8) is 0 Å². The molecule has 4 rings (SSSR count). The summed E-state index contributed by atoms with van der Waals surface area (Å²) in [5.74, 6) is -0.202. The summed E-state index contributed by atoms with van der Waals surface area (Å²) in [6.45, 7) is 2.44. The van der Waals surface area contributed by atoms with E-state index in [1.165, 1.54) is 0 Å². The van der Waals surface area contributed by atoms with Crippen molar-refractivity contribution in [2.45, 2.75) is 16.3 Å². The van der Waals surface area contributed by atoms with E-state index in [-0.39, 0.29) is 22.2 Å². The fraction of sp³-hybridized carbons (Fsp3) is 0.250. The second-order valence-electron chi connectivity index (χ2n) is 6.59. The fourth-order valence-corrected chi connectivity index (χ4v) is 4.82. The fourth-order valence-electron chi connectivity index (χ4n) is 3.33. The number of fused-ring (bicyclic) bond motifs is 1. The van der Waals surface area contributed by atoms with Gasteiger partial charge in [-0.3, -0.25) is 10.2 Å². The first-order valence-corrected chi connectivity index (χ1v) is 10.5. The van der Waals surface area contributed by atoms with Crippen molar-refractivity contribution in [3.8, 4) is 0 Å². The van der Waals surface area contributed by atoms with Crippen LogP contribution in [0.1, 0.15) is 0 Å². The molecule has 1 N–H and O–H groups in total. The largest absolute Gasteiger partial charge is 0.379 e. The second-order valence-corrected chi connectivity index (χ2v) is 8.51. The van der Waals surface area contributed by atoms with Crippen molar-refractivity contribution < 1.29 is 17.9 Å². The highest BCUT2D eigenvalue weighted by Gasteiger charge is 2.24. The maximum Gasteiger partial charge on any atom is 0.254 e. The summed E-state index contributed by atoms with van der Waals surface area (Å²) in [6.07, 6.45) is 1.55. The Balaban J connectivity index is 1.66. The molecule has 1 aliphatic heterocycles. The number of nitrogens with one attached hydrogen (secondary N) is 1. The standard InChI is InChI=1S/C20H21N3O4S/c24-20(21-23-10-12-27-13-11-23)15-22-14-19(17-8-4-5-9-18(17)22)28(25,26)16-6-2-1-3-7-16/h1-9,14H,10-13,15H2,(H,21,24). The third-order valence-electron chi connectivity index (χ3n) is 4.70. The number of ether oxygens (including phenoxy) is 1. The van der Waals surface area contributed by atoms with Crippen LogP contribution in [0.15, 0.2) is 70.6 Å². The lowest BCUT2D eigenvalue weighted by molar-refractivity contribution is -0.128. The number of para-hydroxylation sites is 1. The number of morpholine rings is 1. The maximum absolute atomic E-state index is 13.1.